The van der Waals surface area contributed by atoms with Crippen LogP contribution in [0, 0.1) is 0 Å². The maximum Gasteiger partial charge on any atom is 0.183 e. The highest BCUT2D eigenvalue weighted by molar-refractivity contribution is 7.99. The van der Waals surface area contributed by atoms with E-state index in [1.807, 2.05) is 42.5 Å². The van der Waals surface area contributed by atoms with E-state index in [2.05, 4.69) is 27.3 Å². The van der Waals surface area contributed by atoms with E-state index in [4.69, 9.17) is 0 Å². The topological polar surface area (TPSA) is 58.6 Å². The minimum absolute atomic E-state index is 0.0796. The number of aromatic amines is 1. The van der Waals surface area contributed by atoms with Crippen LogP contribution in [0.1, 0.15) is 10.4 Å². The molecule has 0 saturated carbocycles. The van der Waals surface area contributed by atoms with Gasteiger partial charge in [0.2, 0.25) is 0 Å². The van der Waals surface area contributed by atoms with Crippen molar-refractivity contribution in [2.24, 2.45) is 0 Å². The third kappa shape index (κ3) is 3.38. The molecule has 5 heteroatoms. The van der Waals surface area contributed by atoms with Crippen LogP contribution in [-0.4, -0.2) is 26.7 Å². The molecule has 3 rings (SSSR count). The number of rotatable bonds is 5. The fourth-order valence-corrected chi connectivity index (χ4v) is 2.63. The van der Waals surface area contributed by atoms with Crippen LogP contribution < -0.4 is 0 Å². The summed E-state index contributed by atoms with van der Waals surface area (Å²) >= 11 is 1.35. The van der Waals surface area contributed by atoms with Crippen LogP contribution in [0.3, 0.4) is 0 Å². The fraction of sp³-hybridized carbons (Fsp3) is 0.0625. The summed E-state index contributed by atoms with van der Waals surface area (Å²) in [7, 11) is 0. The summed E-state index contributed by atoms with van der Waals surface area (Å²) in [6.07, 6.45) is 1.43. The van der Waals surface area contributed by atoms with E-state index >= 15 is 0 Å². The zero-order chi connectivity index (χ0) is 14.5. The van der Waals surface area contributed by atoms with Crippen molar-refractivity contribution in [3.05, 3.63) is 66.5 Å². The molecule has 0 bridgehead atoms. The number of H-pyrrole nitrogens is 1. The van der Waals surface area contributed by atoms with E-state index in [1.165, 1.54) is 18.1 Å². The van der Waals surface area contributed by atoms with Gasteiger partial charge in [0.15, 0.2) is 10.9 Å². The first kappa shape index (κ1) is 13.6. The molecule has 0 fully saturated rings. The Labute approximate surface area is 126 Å². The number of ketones is 1. The molecule has 21 heavy (non-hydrogen) atoms. The van der Waals surface area contributed by atoms with E-state index in [1.54, 1.807) is 0 Å². The molecule has 2 aromatic carbocycles. The van der Waals surface area contributed by atoms with Crippen LogP contribution in [0.2, 0.25) is 0 Å². The van der Waals surface area contributed by atoms with E-state index < -0.39 is 0 Å². The van der Waals surface area contributed by atoms with Crippen molar-refractivity contribution in [2.45, 2.75) is 5.16 Å². The molecular weight excluding hydrogens is 282 g/mol. The Morgan fingerprint density at radius 3 is 2.38 bits per heavy atom. The van der Waals surface area contributed by atoms with Crippen molar-refractivity contribution in [1.29, 1.82) is 0 Å². The second-order valence-electron chi connectivity index (χ2n) is 4.45. The van der Waals surface area contributed by atoms with Crippen molar-refractivity contribution in [3.63, 3.8) is 0 Å². The van der Waals surface area contributed by atoms with Gasteiger partial charge in [-0.1, -0.05) is 66.4 Å². The Kier molecular flexibility index (Phi) is 4.12. The van der Waals surface area contributed by atoms with Gasteiger partial charge in [-0.25, -0.2) is 4.98 Å². The number of Topliss-reactive ketones (excluding diaryl/α,β-unsaturated/α-hetero) is 1. The number of thioether (sulfide) groups is 1. The zero-order valence-corrected chi connectivity index (χ0v) is 12.0. The summed E-state index contributed by atoms with van der Waals surface area (Å²) in [5.74, 6) is 0.427. The lowest BCUT2D eigenvalue weighted by Crippen LogP contribution is -2.02. The standard InChI is InChI=1S/C16H13N3OS/c20-15(10-21-16-17-11-18-19-16)14-8-6-13(7-9-14)12-4-2-1-3-5-12/h1-9,11H,10H2,(H,17,18,19). The van der Waals surface area contributed by atoms with Gasteiger partial charge in [-0.3, -0.25) is 9.89 Å². The first-order valence-electron chi connectivity index (χ1n) is 6.50. The Bertz CT molecular complexity index is 709. The van der Waals surface area contributed by atoms with Gasteiger partial charge in [-0.05, 0) is 11.1 Å². The maximum absolute atomic E-state index is 12.1. The summed E-state index contributed by atoms with van der Waals surface area (Å²) < 4.78 is 0. The number of benzene rings is 2. The third-order valence-electron chi connectivity index (χ3n) is 3.05. The first-order valence-corrected chi connectivity index (χ1v) is 7.48. The molecule has 0 unspecified atom stereocenters. The molecule has 1 aromatic heterocycles. The molecule has 1 heterocycles. The van der Waals surface area contributed by atoms with Crippen LogP contribution in [-0.2, 0) is 0 Å². The van der Waals surface area contributed by atoms with Gasteiger partial charge in [0, 0.05) is 5.56 Å². The molecule has 0 amide bonds. The number of hydrogen-bond acceptors (Lipinski definition) is 4. The highest BCUT2D eigenvalue weighted by Crippen LogP contribution is 2.20. The average Bonchev–Trinajstić information content (AvgIpc) is 3.07. The lowest BCUT2D eigenvalue weighted by atomic mass is 10.0. The number of aromatic nitrogens is 3. The van der Waals surface area contributed by atoms with Crippen molar-refractivity contribution < 1.29 is 4.79 Å². The zero-order valence-electron chi connectivity index (χ0n) is 11.2. The molecule has 0 aliphatic rings. The maximum atomic E-state index is 12.1. The molecule has 0 spiro atoms. The highest BCUT2D eigenvalue weighted by Gasteiger charge is 2.08. The summed E-state index contributed by atoms with van der Waals surface area (Å²) in [6, 6.07) is 17.8. The van der Waals surface area contributed by atoms with Gasteiger partial charge in [0.05, 0.1) is 5.75 Å². The SMILES string of the molecule is O=C(CSc1ncn[nH]1)c1ccc(-c2ccccc2)cc1. The number of nitrogens with zero attached hydrogens (tertiary/aromatic N) is 2. The van der Waals surface area contributed by atoms with Crippen LogP contribution in [0.25, 0.3) is 11.1 Å². The highest BCUT2D eigenvalue weighted by atomic mass is 32.2. The number of hydrogen-bond donors (Lipinski definition) is 1. The average molecular weight is 295 g/mol. The number of carbonyl (C=O) groups excluding carboxylic acids is 1. The van der Waals surface area contributed by atoms with Gasteiger partial charge in [-0.15, -0.1) is 0 Å². The largest absolute Gasteiger partial charge is 0.293 e. The van der Waals surface area contributed by atoms with E-state index in [0.717, 1.165) is 11.1 Å². The molecule has 0 atom stereocenters. The number of carbonyl (C=O) groups is 1. The van der Waals surface area contributed by atoms with Crippen molar-refractivity contribution >= 4 is 17.5 Å². The molecule has 104 valence electrons. The molecule has 0 aliphatic heterocycles. The van der Waals surface area contributed by atoms with Gasteiger partial charge in [0.1, 0.15) is 6.33 Å². The van der Waals surface area contributed by atoms with Crippen molar-refractivity contribution in [2.75, 3.05) is 5.75 Å². The Morgan fingerprint density at radius 1 is 1.00 bits per heavy atom. The monoisotopic (exact) mass is 295 g/mol. The lowest BCUT2D eigenvalue weighted by molar-refractivity contribution is 0.102. The van der Waals surface area contributed by atoms with Crippen LogP contribution in [0.4, 0.5) is 0 Å². The second-order valence-corrected chi connectivity index (χ2v) is 5.41. The smallest absolute Gasteiger partial charge is 0.183 e. The summed E-state index contributed by atoms with van der Waals surface area (Å²) in [5.41, 5.74) is 2.96. The first-order chi connectivity index (χ1) is 10.3. The lowest BCUT2D eigenvalue weighted by Gasteiger charge is -2.03. The van der Waals surface area contributed by atoms with Crippen molar-refractivity contribution in [3.8, 4) is 11.1 Å². The summed E-state index contributed by atoms with van der Waals surface area (Å²) in [4.78, 5) is 16.1. The fourth-order valence-electron chi connectivity index (χ4n) is 1.96. The van der Waals surface area contributed by atoms with Gasteiger partial charge < -0.3 is 0 Å². The quantitative estimate of drug-likeness (QED) is 0.578. The minimum atomic E-state index is 0.0796. The van der Waals surface area contributed by atoms with Gasteiger partial charge in [0.25, 0.3) is 0 Å². The van der Waals surface area contributed by atoms with Crippen LogP contribution >= 0.6 is 11.8 Å². The Balaban J connectivity index is 1.67. The van der Waals surface area contributed by atoms with Gasteiger partial charge in [-0.2, -0.15) is 5.10 Å². The summed E-state index contributed by atoms with van der Waals surface area (Å²) in [5, 5.41) is 7.13. The van der Waals surface area contributed by atoms with Crippen molar-refractivity contribution in [1.82, 2.24) is 15.2 Å². The molecule has 4 nitrogen and oxygen atoms in total. The Hall–Kier alpha value is -2.40. The third-order valence-corrected chi connectivity index (χ3v) is 3.92. The summed E-state index contributed by atoms with van der Waals surface area (Å²) in [6.45, 7) is 0. The van der Waals surface area contributed by atoms with E-state index in [9.17, 15) is 4.79 Å². The predicted octanol–water partition coefficient (Wildman–Crippen LogP) is 3.45. The van der Waals surface area contributed by atoms with Crippen LogP contribution in [0.15, 0.2) is 66.1 Å². The molecular formula is C16H13N3OS. The molecule has 0 aliphatic carbocycles. The Morgan fingerprint density at radius 2 is 1.71 bits per heavy atom. The van der Waals surface area contributed by atoms with E-state index in [-0.39, 0.29) is 5.78 Å². The minimum Gasteiger partial charge on any atom is -0.293 e. The molecule has 0 radical (unpaired) electrons. The molecule has 0 saturated heterocycles. The van der Waals surface area contributed by atoms with Gasteiger partial charge >= 0.3 is 0 Å². The normalized spacial score (nSPS) is 10.5. The molecule has 1 N–H and O–H groups in total. The second kappa shape index (κ2) is 6.37. The van der Waals surface area contributed by atoms with Crippen LogP contribution in [0.5, 0.6) is 0 Å². The van der Waals surface area contributed by atoms with E-state index in [0.29, 0.717) is 16.5 Å². The molecule has 3 aromatic rings. The number of nitrogens with one attached hydrogen (secondary N) is 1. The predicted molar refractivity (Wildman–Crippen MR) is 83.3 cm³/mol.